The molecule has 2 aromatic heterocycles. The molecular weight excluding hydrogens is 264 g/mol. The molecule has 0 aliphatic heterocycles. The molecule has 0 aliphatic rings. The molecule has 0 radical (unpaired) electrons. The molecule has 0 saturated carbocycles. The minimum absolute atomic E-state index is 0.151. The Morgan fingerprint density at radius 2 is 2.05 bits per heavy atom. The zero-order valence-corrected chi connectivity index (χ0v) is 10.8. The van der Waals surface area contributed by atoms with E-state index >= 15 is 0 Å². The van der Waals surface area contributed by atoms with Crippen molar-refractivity contribution in [2.24, 2.45) is 0 Å². The normalized spacial score (nSPS) is 10.7. The lowest BCUT2D eigenvalue weighted by Gasteiger charge is -2.07. The lowest BCUT2D eigenvalue weighted by atomic mass is 10.3. The van der Waals surface area contributed by atoms with Crippen molar-refractivity contribution in [3.05, 3.63) is 47.9 Å². The molecule has 1 N–H and O–H groups in total. The summed E-state index contributed by atoms with van der Waals surface area (Å²) in [6.07, 6.45) is 2.91. The number of pyridine rings is 2. The van der Waals surface area contributed by atoms with Gasteiger partial charge in [0.25, 0.3) is 10.0 Å². The molecule has 2 heterocycles. The third kappa shape index (κ3) is 2.86. The largest absolute Gasteiger partial charge is 0.265 e. The number of nitrogens with zero attached hydrogens (tertiary/aromatic N) is 3. The van der Waals surface area contributed by atoms with Crippen LogP contribution in [0.15, 0.2) is 41.6 Å². The highest BCUT2D eigenvalue weighted by molar-refractivity contribution is 7.92. The van der Waals surface area contributed by atoms with E-state index in [0.29, 0.717) is 0 Å². The maximum atomic E-state index is 12.1. The fourth-order valence-electron chi connectivity index (χ4n) is 1.41. The van der Waals surface area contributed by atoms with Gasteiger partial charge in [-0.3, -0.25) is 4.72 Å². The Morgan fingerprint density at radius 3 is 2.68 bits per heavy atom. The van der Waals surface area contributed by atoms with Crippen molar-refractivity contribution in [1.82, 2.24) is 9.97 Å². The van der Waals surface area contributed by atoms with Gasteiger partial charge in [-0.15, -0.1) is 0 Å². The molecule has 7 heteroatoms. The predicted octanol–water partition coefficient (Wildman–Crippen LogP) is 1.46. The first-order valence-corrected chi connectivity index (χ1v) is 6.82. The van der Waals surface area contributed by atoms with Crippen LogP contribution in [-0.4, -0.2) is 18.4 Å². The maximum absolute atomic E-state index is 12.1. The van der Waals surface area contributed by atoms with Gasteiger partial charge in [-0.05, 0) is 30.7 Å². The Bertz CT molecular complexity index is 733. The van der Waals surface area contributed by atoms with Crippen LogP contribution in [0.25, 0.3) is 0 Å². The zero-order valence-electron chi connectivity index (χ0n) is 10.0. The molecule has 0 atom stereocenters. The summed E-state index contributed by atoms with van der Waals surface area (Å²) in [7, 11) is -3.87. The summed E-state index contributed by atoms with van der Waals surface area (Å²) in [5, 5.41) is 8.86. The summed E-state index contributed by atoms with van der Waals surface area (Å²) < 4.78 is 26.6. The first-order valence-electron chi connectivity index (χ1n) is 5.33. The van der Waals surface area contributed by atoms with Crippen molar-refractivity contribution >= 4 is 15.8 Å². The van der Waals surface area contributed by atoms with Crippen LogP contribution in [0.3, 0.4) is 0 Å². The highest BCUT2D eigenvalue weighted by Gasteiger charge is 2.19. The Morgan fingerprint density at radius 1 is 1.26 bits per heavy atom. The fraction of sp³-hybridized carbons (Fsp3) is 0.0833. The predicted molar refractivity (Wildman–Crippen MR) is 68.7 cm³/mol. The SMILES string of the molecule is Cc1ccc(NS(=O)(=O)c2cccnc2C#N)nc1. The molecule has 0 amide bonds. The van der Waals surface area contributed by atoms with Gasteiger partial charge in [0.05, 0.1) is 0 Å². The van der Waals surface area contributed by atoms with Crippen LogP contribution in [0.5, 0.6) is 0 Å². The third-order valence-corrected chi connectivity index (χ3v) is 3.70. The van der Waals surface area contributed by atoms with E-state index in [1.54, 1.807) is 24.4 Å². The summed E-state index contributed by atoms with van der Waals surface area (Å²) in [4.78, 5) is 7.50. The van der Waals surface area contributed by atoms with Gasteiger partial charge in [0, 0.05) is 12.4 Å². The second-order valence-corrected chi connectivity index (χ2v) is 5.44. The third-order valence-electron chi connectivity index (χ3n) is 2.32. The molecule has 6 nitrogen and oxygen atoms in total. The smallest absolute Gasteiger partial charge is 0.263 e. The Kier molecular flexibility index (Phi) is 3.44. The molecular formula is C12H10N4O2S. The molecule has 0 unspecified atom stereocenters. The number of aryl methyl sites for hydroxylation is 1. The van der Waals surface area contributed by atoms with E-state index in [4.69, 9.17) is 5.26 Å². The van der Waals surface area contributed by atoms with E-state index in [-0.39, 0.29) is 16.4 Å². The number of nitrogens with one attached hydrogen (secondary N) is 1. The average Bonchev–Trinajstić information content (AvgIpc) is 2.41. The topological polar surface area (TPSA) is 95.7 Å². The maximum Gasteiger partial charge on any atom is 0.265 e. The molecule has 96 valence electrons. The Hall–Kier alpha value is -2.46. The number of sulfonamides is 1. The van der Waals surface area contributed by atoms with E-state index in [0.717, 1.165) is 5.56 Å². The molecule has 0 saturated heterocycles. The number of rotatable bonds is 3. The first kappa shape index (κ1) is 13.0. The highest BCUT2D eigenvalue weighted by atomic mass is 32.2. The average molecular weight is 274 g/mol. The molecule has 0 fully saturated rings. The number of aromatic nitrogens is 2. The van der Waals surface area contributed by atoms with E-state index in [2.05, 4.69) is 14.7 Å². The number of anilines is 1. The van der Waals surface area contributed by atoms with Crippen LogP contribution in [0.1, 0.15) is 11.3 Å². The monoisotopic (exact) mass is 274 g/mol. The van der Waals surface area contributed by atoms with Crippen LogP contribution in [0, 0.1) is 18.3 Å². The van der Waals surface area contributed by atoms with Gasteiger partial charge in [0.2, 0.25) is 0 Å². The van der Waals surface area contributed by atoms with Gasteiger partial charge >= 0.3 is 0 Å². The van der Waals surface area contributed by atoms with E-state index in [9.17, 15) is 8.42 Å². The molecule has 2 rings (SSSR count). The lowest BCUT2D eigenvalue weighted by molar-refractivity contribution is 0.600. The second-order valence-electron chi connectivity index (χ2n) is 3.79. The minimum Gasteiger partial charge on any atom is -0.263 e. The molecule has 2 aromatic rings. The highest BCUT2D eigenvalue weighted by Crippen LogP contribution is 2.16. The number of hydrogen-bond acceptors (Lipinski definition) is 5. The zero-order chi connectivity index (χ0) is 13.9. The van der Waals surface area contributed by atoms with Crippen LogP contribution in [-0.2, 0) is 10.0 Å². The first-order chi connectivity index (χ1) is 9.03. The second kappa shape index (κ2) is 5.04. The lowest BCUT2D eigenvalue weighted by Crippen LogP contribution is -2.15. The van der Waals surface area contributed by atoms with Gasteiger partial charge in [0.15, 0.2) is 5.69 Å². The Labute approximate surface area is 110 Å². The van der Waals surface area contributed by atoms with Gasteiger partial charge < -0.3 is 0 Å². The van der Waals surface area contributed by atoms with Crippen LogP contribution in [0.2, 0.25) is 0 Å². The quantitative estimate of drug-likeness (QED) is 0.914. The van der Waals surface area contributed by atoms with Crippen molar-refractivity contribution in [2.75, 3.05) is 4.72 Å². The van der Waals surface area contributed by atoms with Crippen LogP contribution >= 0.6 is 0 Å². The fourth-order valence-corrected chi connectivity index (χ4v) is 2.53. The summed E-state index contributed by atoms with van der Waals surface area (Å²) in [5.74, 6) is 0.193. The Balaban J connectivity index is 2.38. The van der Waals surface area contributed by atoms with Crippen molar-refractivity contribution in [1.29, 1.82) is 5.26 Å². The van der Waals surface area contributed by atoms with Gasteiger partial charge in [-0.25, -0.2) is 18.4 Å². The molecule has 0 spiro atoms. The van der Waals surface area contributed by atoms with Crippen molar-refractivity contribution in [2.45, 2.75) is 11.8 Å². The molecule has 0 aliphatic carbocycles. The van der Waals surface area contributed by atoms with Gasteiger partial charge in [0.1, 0.15) is 16.8 Å². The molecule has 0 bridgehead atoms. The van der Waals surface area contributed by atoms with Crippen molar-refractivity contribution < 1.29 is 8.42 Å². The summed E-state index contributed by atoms with van der Waals surface area (Å²) in [6, 6.07) is 7.81. The molecule has 19 heavy (non-hydrogen) atoms. The summed E-state index contributed by atoms with van der Waals surface area (Å²) >= 11 is 0. The van der Waals surface area contributed by atoms with E-state index < -0.39 is 10.0 Å². The van der Waals surface area contributed by atoms with Gasteiger partial charge in [-0.1, -0.05) is 6.07 Å². The van der Waals surface area contributed by atoms with Crippen molar-refractivity contribution in [3.63, 3.8) is 0 Å². The standard InChI is InChI=1S/C12H10N4O2S/c1-9-4-5-12(15-8-9)16-19(17,18)11-3-2-6-14-10(11)7-13/h2-6,8H,1H3,(H,15,16). The van der Waals surface area contributed by atoms with Crippen LogP contribution in [0.4, 0.5) is 5.82 Å². The summed E-state index contributed by atoms with van der Waals surface area (Å²) in [5.41, 5.74) is 0.768. The van der Waals surface area contributed by atoms with Crippen molar-refractivity contribution in [3.8, 4) is 6.07 Å². The van der Waals surface area contributed by atoms with Gasteiger partial charge in [-0.2, -0.15) is 5.26 Å². The van der Waals surface area contributed by atoms with E-state index in [1.165, 1.54) is 18.3 Å². The van der Waals surface area contributed by atoms with Crippen LogP contribution < -0.4 is 4.72 Å². The van der Waals surface area contributed by atoms with E-state index in [1.807, 2.05) is 6.92 Å². The minimum atomic E-state index is -3.87. The number of hydrogen-bond donors (Lipinski definition) is 1. The number of nitriles is 1. The summed E-state index contributed by atoms with van der Waals surface area (Å²) in [6.45, 7) is 1.85. The molecule has 0 aromatic carbocycles.